The first kappa shape index (κ1) is 22.2. The first-order valence-electron chi connectivity index (χ1n) is 13.7. The number of benzene rings is 6. The molecule has 0 saturated carbocycles. The van der Waals surface area contributed by atoms with Crippen molar-refractivity contribution >= 4 is 40.2 Å². The largest absolute Gasteiger partial charge is 0.311 e. The minimum Gasteiger partial charge on any atom is -0.311 e. The minimum atomic E-state index is 0.141. The molecule has 2 aliphatic rings. The maximum atomic E-state index is 2.47. The maximum Gasteiger partial charge on any atom is 0.248 e. The van der Waals surface area contributed by atoms with Crippen LogP contribution in [0.2, 0.25) is 0 Å². The van der Waals surface area contributed by atoms with Gasteiger partial charge in [-0.1, -0.05) is 120 Å². The van der Waals surface area contributed by atoms with E-state index < -0.39 is 0 Å². The van der Waals surface area contributed by atoms with Crippen LogP contribution in [0.1, 0.15) is 5.56 Å². The lowest BCUT2D eigenvalue weighted by Crippen LogP contribution is -2.57. The van der Waals surface area contributed by atoms with Crippen molar-refractivity contribution in [1.29, 1.82) is 0 Å². The van der Waals surface area contributed by atoms with E-state index in [1.165, 1.54) is 72.4 Å². The molecule has 2 aliphatic heterocycles. The van der Waals surface area contributed by atoms with Crippen LogP contribution in [0, 0.1) is 6.92 Å². The second kappa shape index (κ2) is 8.61. The van der Waals surface area contributed by atoms with Crippen LogP contribution in [0.15, 0.2) is 140 Å². The fraction of sp³-hybridized carbons (Fsp3) is 0.0270. The molecule has 0 saturated heterocycles. The molecule has 2 heterocycles. The molecular formula is C37H26BN. The molecule has 0 radical (unpaired) electrons. The Hall–Kier alpha value is -4.82. The van der Waals surface area contributed by atoms with Gasteiger partial charge in [-0.3, -0.25) is 0 Å². The molecule has 0 unspecified atom stereocenters. The number of hydrogen-bond donors (Lipinski definition) is 0. The zero-order chi connectivity index (χ0) is 25.9. The number of anilines is 3. The van der Waals surface area contributed by atoms with E-state index in [0.29, 0.717) is 0 Å². The third-order valence-corrected chi connectivity index (χ3v) is 8.35. The quantitative estimate of drug-likeness (QED) is 0.223. The number of para-hydroxylation sites is 2. The molecule has 0 bridgehead atoms. The first-order valence-corrected chi connectivity index (χ1v) is 13.7. The molecule has 0 spiro atoms. The Balaban J connectivity index is 1.55. The van der Waals surface area contributed by atoms with Gasteiger partial charge in [0.1, 0.15) is 0 Å². The van der Waals surface area contributed by atoms with E-state index in [-0.39, 0.29) is 6.71 Å². The molecule has 182 valence electrons. The summed E-state index contributed by atoms with van der Waals surface area (Å²) in [7, 11) is 0. The van der Waals surface area contributed by atoms with Gasteiger partial charge in [-0.25, -0.2) is 0 Å². The van der Waals surface area contributed by atoms with E-state index in [1.54, 1.807) is 0 Å². The van der Waals surface area contributed by atoms with Crippen molar-refractivity contribution in [3.05, 3.63) is 145 Å². The Labute approximate surface area is 230 Å². The molecule has 39 heavy (non-hydrogen) atoms. The normalized spacial score (nSPS) is 12.6. The van der Waals surface area contributed by atoms with Crippen molar-refractivity contribution in [3.8, 4) is 33.4 Å². The summed E-state index contributed by atoms with van der Waals surface area (Å²) in [5, 5.41) is 0. The SMILES string of the molecule is Cc1ccc(-c2cc3c4c(c2)N(c2ccccc2)c2ccccc2B4c2ccccc2-c2ccccc2-3)cc1. The Morgan fingerprint density at radius 1 is 0.462 bits per heavy atom. The highest BCUT2D eigenvalue weighted by molar-refractivity contribution is 6.99. The molecule has 2 heteroatoms. The molecule has 1 nitrogen and oxygen atoms in total. The van der Waals surface area contributed by atoms with Crippen molar-refractivity contribution in [2.75, 3.05) is 4.90 Å². The van der Waals surface area contributed by atoms with E-state index in [4.69, 9.17) is 0 Å². The van der Waals surface area contributed by atoms with Gasteiger partial charge in [0.05, 0.1) is 0 Å². The molecule has 6 aromatic carbocycles. The van der Waals surface area contributed by atoms with Gasteiger partial charge in [-0.05, 0) is 81.6 Å². The standard InChI is InChI=1S/C37H26BN/c1-25-19-21-26(22-20-25)27-23-32-30-14-6-5-13-29(30)31-15-7-8-16-33(31)38-34-17-9-10-18-35(34)39(36(24-27)37(32)38)28-11-3-2-4-12-28/h2-24H,1H3. The first-order chi connectivity index (χ1) is 19.3. The number of aryl methyl sites for hydroxylation is 1. The molecular weight excluding hydrogens is 469 g/mol. The molecule has 0 amide bonds. The van der Waals surface area contributed by atoms with Gasteiger partial charge in [-0.15, -0.1) is 0 Å². The Morgan fingerprint density at radius 2 is 1.08 bits per heavy atom. The van der Waals surface area contributed by atoms with Crippen molar-refractivity contribution in [1.82, 2.24) is 0 Å². The lowest BCUT2D eigenvalue weighted by molar-refractivity contribution is 1.29. The number of nitrogens with zero attached hydrogens (tertiary/aromatic N) is 1. The van der Waals surface area contributed by atoms with Crippen LogP contribution >= 0.6 is 0 Å². The summed E-state index contributed by atoms with van der Waals surface area (Å²) >= 11 is 0. The zero-order valence-corrected chi connectivity index (χ0v) is 21.8. The highest BCUT2D eigenvalue weighted by Gasteiger charge is 2.40. The lowest BCUT2D eigenvalue weighted by Gasteiger charge is -2.38. The van der Waals surface area contributed by atoms with Crippen LogP contribution in [0.3, 0.4) is 0 Å². The van der Waals surface area contributed by atoms with Crippen molar-refractivity contribution in [2.24, 2.45) is 0 Å². The van der Waals surface area contributed by atoms with E-state index in [0.717, 1.165) is 0 Å². The van der Waals surface area contributed by atoms with Crippen LogP contribution in [0.5, 0.6) is 0 Å². The summed E-state index contributed by atoms with van der Waals surface area (Å²) in [5.74, 6) is 0. The van der Waals surface area contributed by atoms with Gasteiger partial charge < -0.3 is 4.90 Å². The minimum absolute atomic E-state index is 0.141. The monoisotopic (exact) mass is 495 g/mol. The maximum absolute atomic E-state index is 2.47. The van der Waals surface area contributed by atoms with E-state index in [2.05, 4.69) is 151 Å². The van der Waals surface area contributed by atoms with Crippen LogP contribution in [0.4, 0.5) is 17.1 Å². The molecule has 0 atom stereocenters. The molecule has 0 aromatic heterocycles. The van der Waals surface area contributed by atoms with Crippen molar-refractivity contribution < 1.29 is 0 Å². The smallest absolute Gasteiger partial charge is 0.248 e. The van der Waals surface area contributed by atoms with Gasteiger partial charge in [0.2, 0.25) is 6.71 Å². The molecule has 0 fully saturated rings. The zero-order valence-electron chi connectivity index (χ0n) is 21.8. The van der Waals surface area contributed by atoms with Crippen LogP contribution < -0.4 is 21.3 Å². The third-order valence-electron chi connectivity index (χ3n) is 8.35. The van der Waals surface area contributed by atoms with E-state index in [9.17, 15) is 0 Å². The van der Waals surface area contributed by atoms with Gasteiger partial charge in [-0.2, -0.15) is 0 Å². The topological polar surface area (TPSA) is 3.24 Å². The van der Waals surface area contributed by atoms with Gasteiger partial charge >= 0.3 is 0 Å². The molecule has 0 N–H and O–H groups in total. The van der Waals surface area contributed by atoms with Crippen LogP contribution in [-0.2, 0) is 0 Å². The molecule has 6 aromatic rings. The predicted octanol–water partition coefficient (Wildman–Crippen LogP) is 7.61. The fourth-order valence-corrected chi connectivity index (χ4v) is 6.61. The highest BCUT2D eigenvalue weighted by Crippen LogP contribution is 2.43. The predicted molar refractivity (Wildman–Crippen MR) is 167 cm³/mol. The highest BCUT2D eigenvalue weighted by atomic mass is 15.1. The van der Waals surface area contributed by atoms with E-state index >= 15 is 0 Å². The summed E-state index contributed by atoms with van der Waals surface area (Å²) < 4.78 is 0. The third kappa shape index (κ3) is 3.35. The summed E-state index contributed by atoms with van der Waals surface area (Å²) in [6.07, 6.45) is 0. The summed E-state index contributed by atoms with van der Waals surface area (Å²) in [6.45, 7) is 2.29. The van der Waals surface area contributed by atoms with E-state index in [1.807, 2.05) is 0 Å². The summed E-state index contributed by atoms with van der Waals surface area (Å²) in [5.41, 5.74) is 16.8. The average Bonchev–Trinajstić information content (AvgIpc) is 3.12. The van der Waals surface area contributed by atoms with Crippen LogP contribution in [0.25, 0.3) is 33.4 Å². The number of rotatable bonds is 2. The Morgan fingerprint density at radius 3 is 1.85 bits per heavy atom. The lowest BCUT2D eigenvalue weighted by atomic mass is 9.34. The molecule has 8 rings (SSSR count). The molecule has 0 aliphatic carbocycles. The second-order valence-electron chi connectivity index (χ2n) is 10.6. The van der Waals surface area contributed by atoms with Crippen molar-refractivity contribution in [2.45, 2.75) is 6.92 Å². The number of hydrogen-bond acceptors (Lipinski definition) is 1. The van der Waals surface area contributed by atoms with Gasteiger partial charge in [0.15, 0.2) is 0 Å². The second-order valence-corrected chi connectivity index (χ2v) is 10.6. The van der Waals surface area contributed by atoms with Crippen LogP contribution in [-0.4, -0.2) is 6.71 Å². The van der Waals surface area contributed by atoms with Gasteiger partial charge in [0, 0.05) is 17.1 Å². The fourth-order valence-electron chi connectivity index (χ4n) is 6.61. The van der Waals surface area contributed by atoms with Crippen molar-refractivity contribution in [3.63, 3.8) is 0 Å². The number of fused-ring (bicyclic) bond motifs is 7. The van der Waals surface area contributed by atoms with Gasteiger partial charge in [0.25, 0.3) is 0 Å². The Kier molecular flexibility index (Phi) is 4.90. The average molecular weight is 495 g/mol. The Bertz CT molecular complexity index is 1870. The summed E-state index contributed by atoms with van der Waals surface area (Å²) in [6, 6.07) is 51.5. The summed E-state index contributed by atoms with van der Waals surface area (Å²) in [4.78, 5) is 2.47.